The van der Waals surface area contributed by atoms with Gasteiger partial charge in [-0.3, -0.25) is 9.59 Å². The molecule has 0 spiro atoms. The van der Waals surface area contributed by atoms with Gasteiger partial charge in [-0.15, -0.1) is 0 Å². The van der Waals surface area contributed by atoms with Crippen molar-refractivity contribution in [3.05, 3.63) is 0 Å². The third-order valence-electron chi connectivity index (χ3n) is 3.42. The zero-order valence-electron chi connectivity index (χ0n) is 13.7. The molecule has 0 unspecified atom stereocenters. The van der Waals surface area contributed by atoms with E-state index in [0.29, 0.717) is 6.42 Å². The van der Waals surface area contributed by atoms with Gasteiger partial charge in [0.05, 0.1) is 0 Å². The summed E-state index contributed by atoms with van der Waals surface area (Å²) in [7, 11) is 0. The van der Waals surface area contributed by atoms with Crippen LogP contribution in [0.3, 0.4) is 0 Å². The van der Waals surface area contributed by atoms with Gasteiger partial charge in [-0.2, -0.15) is 0 Å². The van der Waals surface area contributed by atoms with Gasteiger partial charge in [0, 0.05) is 0 Å². The Morgan fingerprint density at radius 3 is 1.83 bits per heavy atom. The van der Waals surface area contributed by atoms with Crippen LogP contribution in [0, 0.1) is 11.3 Å². The fourth-order valence-corrected chi connectivity index (χ4v) is 2.10. The number of unbranched alkanes of at least 4 members (excludes halogenated alkanes) is 4. The Hall–Kier alpha value is 0.511. The molecule has 18 heavy (non-hydrogen) atoms. The van der Waals surface area contributed by atoms with Crippen molar-refractivity contribution in [1.82, 2.24) is 0 Å². The van der Waals surface area contributed by atoms with Gasteiger partial charge in [-0.05, 0) is 12.3 Å². The predicted octanol–water partition coefficient (Wildman–Crippen LogP) is 3.00. The van der Waals surface area contributed by atoms with Gasteiger partial charge in [0.2, 0.25) is 0 Å². The van der Waals surface area contributed by atoms with E-state index in [9.17, 15) is 19.8 Å². The van der Waals surface area contributed by atoms with Gasteiger partial charge < -0.3 is 13.1 Å². The van der Waals surface area contributed by atoms with Crippen LogP contribution in [0.2, 0.25) is 0 Å². The van der Waals surface area contributed by atoms with Gasteiger partial charge in [0.15, 0.2) is 5.41 Å². The largest absolute Gasteiger partial charge is 2.00 e. The molecule has 0 fully saturated rings. The van der Waals surface area contributed by atoms with Gasteiger partial charge in [-0.25, -0.2) is 0 Å². The molecule has 5 heteroatoms. The summed E-state index contributed by atoms with van der Waals surface area (Å²) >= 11 is 0. The smallest absolute Gasteiger partial charge is 1.00 e. The van der Waals surface area contributed by atoms with E-state index >= 15 is 0 Å². The maximum atomic E-state index is 11.2. The maximum absolute atomic E-state index is 11.2. The van der Waals surface area contributed by atoms with Crippen LogP contribution in [0.5, 0.6) is 0 Å². The summed E-state index contributed by atoms with van der Waals surface area (Å²) in [5, 5.41) is 18.4. The number of hydrogen-bond acceptors (Lipinski definition) is 2. The second-order valence-electron chi connectivity index (χ2n) is 4.90. The van der Waals surface area contributed by atoms with Gasteiger partial charge in [0.1, 0.15) is 0 Å². The van der Waals surface area contributed by atoms with E-state index in [2.05, 4.69) is 6.92 Å². The molecular formula is C13H26BaO4. The van der Waals surface area contributed by atoms with Crippen molar-refractivity contribution in [3.63, 3.8) is 0 Å². The summed E-state index contributed by atoms with van der Waals surface area (Å²) < 4.78 is 0. The van der Waals surface area contributed by atoms with E-state index in [0.717, 1.165) is 25.7 Å². The molecule has 104 valence electrons. The monoisotopic (exact) mass is 384 g/mol. The first-order valence-electron chi connectivity index (χ1n) is 6.36. The predicted molar refractivity (Wildman–Crippen MR) is 73.9 cm³/mol. The quantitative estimate of drug-likeness (QED) is 0.365. The number of hydrogen-bond donors (Lipinski definition) is 2. The number of aliphatic carboxylic acids is 2. The molecule has 0 aromatic carbocycles. The van der Waals surface area contributed by atoms with E-state index in [-0.39, 0.29) is 58.2 Å². The molecule has 0 aliphatic carbocycles. The van der Waals surface area contributed by atoms with E-state index in [1.807, 2.05) is 0 Å². The summed E-state index contributed by atoms with van der Waals surface area (Å²) in [6, 6.07) is 0. The number of carboxylic acids is 2. The minimum Gasteiger partial charge on any atom is -1.00 e. The summed E-state index contributed by atoms with van der Waals surface area (Å²) in [6.07, 6.45) is 5.07. The molecule has 4 nitrogen and oxygen atoms in total. The molecule has 0 aromatic heterocycles. The molecule has 0 aliphatic rings. The molecule has 0 aliphatic heterocycles. The Kier molecular flexibility index (Phi) is 11.9. The third kappa shape index (κ3) is 5.65. The van der Waals surface area contributed by atoms with Gasteiger partial charge in [0.25, 0.3) is 0 Å². The molecule has 0 amide bonds. The second kappa shape index (κ2) is 10.3. The number of carboxylic acid groups (broad SMARTS) is 2. The zero-order chi connectivity index (χ0) is 13.5. The zero-order valence-corrected chi connectivity index (χ0v) is 16.2. The van der Waals surface area contributed by atoms with Crippen LogP contribution in [0.15, 0.2) is 0 Å². The Balaban J connectivity index is -0.000000427. The van der Waals surface area contributed by atoms with Crippen LogP contribution in [-0.4, -0.2) is 71.0 Å². The average Bonchev–Trinajstić information content (AvgIpc) is 2.21. The minimum atomic E-state index is -1.62. The summed E-state index contributed by atoms with van der Waals surface area (Å²) in [5.74, 6) is -2.82. The first-order valence-corrected chi connectivity index (χ1v) is 6.36. The van der Waals surface area contributed by atoms with Crippen LogP contribution in [0.4, 0.5) is 0 Å². The Morgan fingerprint density at radius 2 is 1.50 bits per heavy atom. The topological polar surface area (TPSA) is 74.6 Å². The molecule has 0 rings (SSSR count). The maximum Gasteiger partial charge on any atom is 2.00 e. The van der Waals surface area contributed by atoms with Crippen LogP contribution in [0.1, 0.15) is 62.1 Å². The van der Waals surface area contributed by atoms with Crippen LogP contribution < -0.4 is 0 Å². The van der Waals surface area contributed by atoms with E-state index in [1.165, 1.54) is 0 Å². The third-order valence-corrected chi connectivity index (χ3v) is 3.42. The van der Waals surface area contributed by atoms with Crippen molar-refractivity contribution in [1.29, 1.82) is 0 Å². The van der Waals surface area contributed by atoms with Crippen LogP contribution in [-0.2, 0) is 9.59 Å². The van der Waals surface area contributed by atoms with Crippen molar-refractivity contribution in [2.45, 2.75) is 59.3 Å². The number of carbonyl (C=O) groups is 2. The van der Waals surface area contributed by atoms with Gasteiger partial charge >= 0.3 is 60.8 Å². The molecule has 0 aromatic rings. The Morgan fingerprint density at radius 1 is 1.06 bits per heavy atom. The summed E-state index contributed by atoms with van der Waals surface area (Å²) in [6.45, 7) is 5.43. The molecule has 0 radical (unpaired) electrons. The van der Waals surface area contributed by atoms with Gasteiger partial charge in [-0.1, -0.05) is 52.9 Å². The van der Waals surface area contributed by atoms with Crippen molar-refractivity contribution in [2.75, 3.05) is 0 Å². The molecule has 0 saturated carbocycles. The molecule has 0 heterocycles. The fourth-order valence-electron chi connectivity index (χ4n) is 2.10. The standard InChI is InChI=1S/C13H24O4.Ba.2H/c1-4-5-6-7-8-9-13(10(2)3,11(14)15)12(16)17;;;/h10H,4-9H2,1-3H3,(H,14,15)(H,16,17);;;/q;+2;2*-1. The molecule has 0 atom stereocenters. The summed E-state index contributed by atoms with van der Waals surface area (Å²) in [5.41, 5.74) is -1.62. The summed E-state index contributed by atoms with van der Waals surface area (Å²) in [4.78, 5) is 22.5. The first kappa shape index (κ1) is 20.8. The minimum absolute atomic E-state index is 0. The van der Waals surface area contributed by atoms with Crippen molar-refractivity contribution < 1.29 is 22.7 Å². The second-order valence-corrected chi connectivity index (χ2v) is 4.90. The average molecular weight is 384 g/mol. The van der Waals surface area contributed by atoms with Crippen molar-refractivity contribution in [3.8, 4) is 0 Å². The van der Waals surface area contributed by atoms with Crippen molar-refractivity contribution in [2.24, 2.45) is 11.3 Å². The molecule has 0 saturated heterocycles. The normalized spacial score (nSPS) is 11.1. The SMILES string of the molecule is CCCCCCCC(C(=O)O)(C(=O)O)C(C)C.[Ba+2].[H-].[H-]. The Bertz CT molecular complexity index is 259. The van der Waals surface area contributed by atoms with Crippen LogP contribution >= 0.6 is 0 Å². The van der Waals surface area contributed by atoms with Crippen molar-refractivity contribution >= 4 is 60.8 Å². The van der Waals surface area contributed by atoms with E-state index < -0.39 is 23.3 Å². The molecule has 2 N–H and O–H groups in total. The number of rotatable bonds is 9. The Labute approximate surface area is 153 Å². The van der Waals surface area contributed by atoms with E-state index in [4.69, 9.17) is 0 Å². The molecular weight excluding hydrogens is 357 g/mol. The van der Waals surface area contributed by atoms with E-state index in [1.54, 1.807) is 13.8 Å². The fraction of sp³-hybridized carbons (Fsp3) is 0.846. The first-order chi connectivity index (χ1) is 7.89. The molecule has 0 bridgehead atoms. The van der Waals surface area contributed by atoms with Crippen LogP contribution in [0.25, 0.3) is 0 Å².